The van der Waals surface area contributed by atoms with E-state index in [9.17, 15) is 19.2 Å². The fourth-order valence-electron chi connectivity index (χ4n) is 7.58. The Morgan fingerprint density at radius 3 is 2.74 bits per heavy atom. The van der Waals surface area contributed by atoms with E-state index in [1.54, 1.807) is 13.0 Å². The lowest BCUT2D eigenvalue weighted by molar-refractivity contribution is -0.161. The van der Waals surface area contributed by atoms with Crippen LogP contribution in [0.25, 0.3) is 0 Å². The molecule has 4 fully saturated rings. The number of methoxy groups -OCH3 is 1. The zero-order chi connectivity index (χ0) is 19.4. The van der Waals surface area contributed by atoms with E-state index in [1.807, 2.05) is 6.92 Å². The summed E-state index contributed by atoms with van der Waals surface area (Å²) < 4.78 is 11.1. The summed E-state index contributed by atoms with van der Waals surface area (Å²) in [7, 11) is 1.33. The van der Waals surface area contributed by atoms with E-state index in [0.717, 1.165) is 12.8 Å². The zero-order valence-corrected chi connectivity index (χ0v) is 15.9. The van der Waals surface area contributed by atoms with Crippen LogP contribution in [0.5, 0.6) is 0 Å². The van der Waals surface area contributed by atoms with Crippen molar-refractivity contribution in [2.24, 2.45) is 34.0 Å². The van der Waals surface area contributed by atoms with Crippen LogP contribution in [0.4, 0.5) is 0 Å². The normalized spacial score (nSPS) is 51.8. The van der Waals surface area contributed by atoms with Crippen molar-refractivity contribution in [1.82, 2.24) is 0 Å². The molecule has 144 valence electrons. The number of allylic oxidation sites excluding steroid dienone is 1. The van der Waals surface area contributed by atoms with Gasteiger partial charge in [0.15, 0.2) is 5.78 Å². The van der Waals surface area contributed by atoms with E-state index >= 15 is 0 Å². The highest BCUT2D eigenvalue weighted by Gasteiger charge is 2.84. The van der Waals surface area contributed by atoms with Gasteiger partial charge in [-0.25, -0.2) is 0 Å². The summed E-state index contributed by atoms with van der Waals surface area (Å²) in [5, 5.41) is 0. The molecule has 5 rings (SSSR count). The third-order valence-electron chi connectivity index (χ3n) is 8.79. The van der Waals surface area contributed by atoms with Crippen LogP contribution in [0.3, 0.4) is 0 Å². The number of hydrogen-bond acceptors (Lipinski definition) is 6. The van der Waals surface area contributed by atoms with E-state index in [2.05, 4.69) is 0 Å². The monoisotopic (exact) mass is 372 g/mol. The first-order valence-corrected chi connectivity index (χ1v) is 9.80. The number of carbonyl (C=O) groups is 4. The molecule has 0 radical (unpaired) electrons. The van der Waals surface area contributed by atoms with Gasteiger partial charge in [0.1, 0.15) is 16.8 Å². The molecule has 3 saturated carbocycles. The number of esters is 2. The van der Waals surface area contributed by atoms with Gasteiger partial charge in [-0.2, -0.15) is 0 Å². The summed E-state index contributed by atoms with van der Waals surface area (Å²) in [5.74, 6) is -2.52. The summed E-state index contributed by atoms with van der Waals surface area (Å²) in [6.45, 7) is 3.63. The lowest BCUT2D eigenvalue weighted by Gasteiger charge is -2.45. The second-order valence-electron chi connectivity index (χ2n) is 9.36. The second kappa shape index (κ2) is 4.70. The molecule has 0 aromatic rings. The molecule has 0 aromatic heterocycles. The summed E-state index contributed by atoms with van der Waals surface area (Å²) in [5.41, 5.74) is -3.37. The van der Waals surface area contributed by atoms with Crippen molar-refractivity contribution in [3.8, 4) is 0 Å². The first-order valence-electron chi connectivity index (χ1n) is 9.80. The van der Waals surface area contributed by atoms with Crippen molar-refractivity contribution >= 4 is 23.5 Å². The van der Waals surface area contributed by atoms with Gasteiger partial charge in [-0.05, 0) is 50.2 Å². The molecule has 1 heterocycles. The van der Waals surface area contributed by atoms with Crippen LogP contribution >= 0.6 is 0 Å². The third-order valence-corrected chi connectivity index (χ3v) is 8.79. The van der Waals surface area contributed by atoms with E-state index in [1.165, 1.54) is 13.2 Å². The molecule has 6 nitrogen and oxygen atoms in total. The number of rotatable bonds is 2. The van der Waals surface area contributed by atoms with Gasteiger partial charge in [0.2, 0.25) is 0 Å². The lowest BCUT2D eigenvalue weighted by Crippen LogP contribution is -2.49. The molecule has 7 atom stereocenters. The highest BCUT2D eigenvalue weighted by atomic mass is 16.6. The van der Waals surface area contributed by atoms with Gasteiger partial charge in [0.05, 0.1) is 13.0 Å². The summed E-state index contributed by atoms with van der Waals surface area (Å²) in [6.07, 6.45) is 6.29. The van der Waals surface area contributed by atoms with Crippen LogP contribution in [0, 0.1) is 34.0 Å². The van der Waals surface area contributed by atoms with Gasteiger partial charge in [-0.15, -0.1) is 0 Å². The molecule has 4 aliphatic carbocycles. The van der Waals surface area contributed by atoms with Gasteiger partial charge in [-0.3, -0.25) is 19.2 Å². The average Bonchev–Trinajstić information content (AvgIpc) is 3.09. The number of ether oxygens (including phenoxy) is 2. The van der Waals surface area contributed by atoms with Crippen LogP contribution in [0.2, 0.25) is 0 Å². The molecule has 1 spiro atoms. The Morgan fingerprint density at radius 1 is 1.33 bits per heavy atom. The second-order valence-corrected chi connectivity index (χ2v) is 9.36. The van der Waals surface area contributed by atoms with Crippen LogP contribution in [-0.2, 0) is 28.7 Å². The molecule has 6 heteroatoms. The predicted octanol–water partition coefficient (Wildman–Crippen LogP) is 2.00. The van der Waals surface area contributed by atoms with Crippen molar-refractivity contribution in [1.29, 1.82) is 0 Å². The number of hydrogen-bond donors (Lipinski definition) is 0. The minimum atomic E-state index is -1.39. The molecule has 5 aliphatic rings. The van der Waals surface area contributed by atoms with Crippen molar-refractivity contribution in [2.75, 3.05) is 7.11 Å². The zero-order valence-electron chi connectivity index (χ0n) is 15.9. The van der Waals surface area contributed by atoms with E-state index in [4.69, 9.17) is 9.47 Å². The summed E-state index contributed by atoms with van der Waals surface area (Å²) in [4.78, 5) is 51.7. The van der Waals surface area contributed by atoms with E-state index in [0.29, 0.717) is 19.3 Å². The third kappa shape index (κ3) is 1.54. The Labute approximate surface area is 157 Å². The van der Waals surface area contributed by atoms with Crippen LogP contribution < -0.4 is 0 Å². The van der Waals surface area contributed by atoms with E-state index < -0.39 is 45.6 Å². The minimum Gasteiger partial charge on any atom is -0.469 e. The lowest BCUT2D eigenvalue weighted by atomic mass is 9.59. The Kier molecular flexibility index (Phi) is 2.99. The first kappa shape index (κ1) is 17.1. The highest BCUT2D eigenvalue weighted by molar-refractivity contribution is 6.13. The van der Waals surface area contributed by atoms with Crippen LogP contribution in [0.15, 0.2) is 12.2 Å². The maximum atomic E-state index is 13.1. The average molecular weight is 372 g/mol. The molecule has 1 saturated heterocycles. The molecular weight excluding hydrogens is 348 g/mol. The van der Waals surface area contributed by atoms with Gasteiger partial charge in [0.25, 0.3) is 0 Å². The van der Waals surface area contributed by atoms with Crippen LogP contribution in [0.1, 0.15) is 46.0 Å². The number of Topliss-reactive ketones (excluding diaryl/α,β-unsaturated/α-hetero) is 1. The highest BCUT2D eigenvalue weighted by Crippen LogP contribution is 2.77. The molecule has 4 bridgehead atoms. The van der Waals surface area contributed by atoms with Crippen molar-refractivity contribution in [3.05, 3.63) is 12.2 Å². The number of ketones is 2. The quantitative estimate of drug-likeness (QED) is 0.544. The smallest absolute Gasteiger partial charge is 0.321 e. The molecule has 0 unspecified atom stereocenters. The minimum absolute atomic E-state index is 0.139. The maximum absolute atomic E-state index is 13.1. The molecule has 0 aromatic carbocycles. The van der Waals surface area contributed by atoms with Crippen molar-refractivity contribution < 1.29 is 28.7 Å². The summed E-state index contributed by atoms with van der Waals surface area (Å²) >= 11 is 0. The standard InChI is InChI=1S/C21H24O6/c1-4-19-7-5-11-20(10-19,9-13(19)23)14(16(24)26-3)15-18(2)12(22)6-8-21(11,15)27-17(18)25/h6,8,11,14-15H,4-5,7,9-10H2,1-3H3/t11-,14-,15-,18-,19+,20-,21-/m1/s1. The molecular formula is C21H24O6. The van der Waals surface area contributed by atoms with Gasteiger partial charge >= 0.3 is 11.9 Å². The fourth-order valence-corrected chi connectivity index (χ4v) is 7.58. The molecule has 0 N–H and O–H groups in total. The predicted molar refractivity (Wildman–Crippen MR) is 92.2 cm³/mol. The number of carbonyl (C=O) groups excluding carboxylic acids is 4. The van der Waals surface area contributed by atoms with Crippen molar-refractivity contribution in [3.63, 3.8) is 0 Å². The molecule has 27 heavy (non-hydrogen) atoms. The van der Waals surface area contributed by atoms with Gasteiger partial charge in [-0.1, -0.05) is 6.92 Å². The Morgan fingerprint density at radius 2 is 2.07 bits per heavy atom. The SMILES string of the molecule is CC[C@@]12CC[C@@H]3[C@@](CC1=O)(C2)[C@@H](C(=O)OC)[C@@H]1[C@@]2(C)C(=O)C=C[C@]13OC2=O. The maximum Gasteiger partial charge on any atom is 0.321 e. The van der Waals surface area contributed by atoms with Gasteiger partial charge in [0, 0.05) is 23.7 Å². The topological polar surface area (TPSA) is 86.7 Å². The summed E-state index contributed by atoms with van der Waals surface area (Å²) in [6, 6.07) is 0. The number of fused-ring (bicyclic) bond motifs is 1. The Hall–Kier alpha value is -1.98. The van der Waals surface area contributed by atoms with E-state index in [-0.39, 0.29) is 17.5 Å². The van der Waals surface area contributed by atoms with Gasteiger partial charge < -0.3 is 9.47 Å². The molecule has 1 aliphatic heterocycles. The molecule has 0 amide bonds. The Bertz CT molecular complexity index is 844. The fraction of sp³-hybridized carbons (Fsp3) is 0.714. The Balaban J connectivity index is 1.77. The van der Waals surface area contributed by atoms with Crippen LogP contribution in [-0.4, -0.2) is 36.2 Å². The van der Waals surface area contributed by atoms with Crippen molar-refractivity contribution in [2.45, 2.75) is 51.6 Å². The largest absolute Gasteiger partial charge is 0.469 e. The first-order chi connectivity index (χ1) is 12.7.